The third-order valence-electron chi connectivity index (χ3n) is 4.82. The average molecular weight is 356 g/mol. The molecule has 128 valence electrons. The van der Waals surface area contributed by atoms with Gasteiger partial charge in [-0.15, -0.1) is 0 Å². The second kappa shape index (κ2) is 6.12. The standard InChI is InChI=1S/C20H18ClNO3/c1-12-16-4-3-5-17(21)19(16)25-18(12)20(23)22-9-8-13-6-7-15(24-2)10-14(13)11-22/h3-7,10H,8-9,11H2,1-2H3. The van der Waals surface area contributed by atoms with E-state index in [1.54, 1.807) is 13.2 Å². The Morgan fingerprint density at radius 3 is 2.84 bits per heavy atom. The van der Waals surface area contributed by atoms with E-state index in [-0.39, 0.29) is 5.91 Å². The number of halogens is 1. The first-order valence-corrected chi connectivity index (χ1v) is 8.59. The van der Waals surface area contributed by atoms with Crippen molar-refractivity contribution in [1.82, 2.24) is 4.90 Å². The normalized spacial score (nSPS) is 13.8. The summed E-state index contributed by atoms with van der Waals surface area (Å²) < 4.78 is 11.1. The van der Waals surface area contributed by atoms with Crippen LogP contribution in [0.25, 0.3) is 11.0 Å². The number of fused-ring (bicyclic) bond motifs is 2. The number of carbonyl (C=O) groups excluding carboxylic acids is 1. The van der Waals surface area contributed by atoms with Crippen molar-refractivity contribution in [3.8, 4) is 5.75 Å². The van der Waals surface area contributed by atoms with Gasteiger partial charge in [-0.2, -0.15) is 0 Å². The van der Waals surface area contributed by atoms with Crippen molar-refractivity contribution >= 4 is 28.5 Å². The topological polar surface area (TPSA) is 42.7 Å². The van der Waals surface area contributed by atoms with E-state index in [9.17, 15) is 4.79 Å². The number of nitrogens with zero attached hydrogens (tertiary/aromatic N) is 1. The number of para-hydroxylation sites is 1. The molecule has 0 saturated heterocycles. The van der Waals surface area contributed by atoms with Crippen LogP contribution in [0.5, 0.6) is 5.75 Å². The molecule has 0 N–H and O–H groups in total. The molecule has 1 aliphatic rings. The highest BCUT2D eigenvalue weighted by Crippen LogP contribution is 2.32. The van der Waals surface area contributed by atoms with Gasteiger partial charge in [0, 0.05) is 24.0 Å². The maximum atomic E-state index is 13.0. The minimum Gasteiger partial charge on any atom is -0.497 e. The Kier molecular flexibility index (Phi) is 3.92. The van der Waals surface area contributed by atoms with Crippen molar-refractivity contribution in [2.75, 3.05) is 13.7 Å². The Labute approximate surface area is 150 Å². The van der Waals surface area contributed by atoms with Crippen LogP contribution >= 0.6 is 11.6 Å². The van der Waals surface area contributed by atoms with Gasteiger partial charge in [-0.25, -0.2) is 0 Å². The number of rotatable bonds is 2. The Hall–Kier alpha value is -2.46. The quantitative estimate of drug-likeness (QED) is 0.674. The van der Waals surface area contributed by atoms with Crippen molar-refractivity contribution < 1.29 is 13.9 Å². The summed E-state index contributed by atoms with van der Waals surface area (Å²) in [4.78, 5) is 14.8. The fourth-order valence-electron chi connectivity index (χ4n) is 3.39. The summed E-state index contributed by atoms with van der Waals surface area (Å²) in [5, 5.41) is 1.41. The summed E-state index contributed by atoms with van der Waals surface area (Å²) in [7, 11) is 1.65. The summed E-state index contributed by atoms with van der Waals surface area (Å²) in [6, 6.07) is 11.6. The first-order valence-electron chi connectivity index (χ1n) is 8.21. The van der Waals surface area contributed by atoms with Crippen LogP contribution in [0.1, 0.15) is 27.2 Å². The third kappa shape index (κ3) is 2.67. The smallest absolute Gasteiger partial charge is 0.290 e. The zero-order valence-electron chi connectivity index (χ0n) is 14.1. The van der Waals surface area contributed by atoms with Crippen LogP contribution in [0.4, 0.5) is 0 Å². The molecule has 5 heteroatoms. The summed E-state index contributed by atoms with van der Waals surface area (Å²) in [6.07, 6.45) is 0.825. The zero-order valence-corrected chi connectivity index (χ0v) is 14.9. The molecule has 25 heavy (non-hydrogen) atoms. The largest absolute Gasteiger partial charge is 0.497 e. The van der Waals surface area contributed by atoms with E-state index in [4.69, 9.17) is 20.8 Å². The van der Waals surface area contributed by atoms with E-state index in [0.717, 1.165) is 28.7 Å². The van der Waals surface area contributed by atoms with Gasteiger partial charge in [0.25, 0.3) is 5.91 Å². The van der Waals surface area contributed by atoms with Crippen LogP contribution in [0.3, 0.4) is 0 Å². The van der Waals surface area contributed by atoms with Crippen molar-refractivity contribution in [1.29, 1.82) is 0 Å². The SMILES string of the molecule is COc1ccc2c(c1)CN(C(=O)c1oc3c(Cl)cccc3c1C)CC2. The van der Waals surface area contributed by atoms with E-state index >= 15 is 0 Å². The average Bonchev–Trinajstić information content (AvgIpc) is 2.98. The molecule has 2 heterocycles. The van der Waals surface area contributed by atoms with Crippen LogP contribution in [0.15, 0.2) is 40.8 Å². The molecule has 0 bridgehead atoms. The van der Waals surface area contributed by atoms with Gasteiger partial charge in [0.2, 0.25) is 0 Å². The molecule has 3 aromatic rings. The number of aryl methyl sites for hydroxylation is 1. The fraction of sp³-hybridized carbons (Fsp3) is 0.250. The lowest BCUT2D eigenvalue weighted by atomic mass is 9.99. The third-order valence-corrected chi connectivity index (χ3v) is 5.12. The van der Waals surface area contributed by atoms with Gasteiger partial charge < -0.3 is 14.1 Å². The Morgan fingerprint density at radius 1 is 1.24 bits per heavy atom. The number of methoxy groups -OCH3 is 1. The second-order valence-electron chi connectivity index (χ2n) is 6.28. The molecule has 0 unspecified atom stereocenters. The highest BCUT2D eigenvalue weighted by Gasteiger charge is 2.27. The van der Waals surface area contributed by atoms with Gasteiger partial charge in [-0.05, 0) is 42.7 Å². The Bertz CT molecular complexity index is 976. The lowest BCUT2D eigenvalue weighted by Crippen LogP contribution is -2.36. The number of carbonyl (C=O) groups is 1. The molecule has 0 saturated carbocycles. The van der Waals surface area contributed by atoms with Gasteiger partial charge in [0.1, 0.15) is 5.75 Å². The second-order valence-corrected chi connectivity index (χ2v) is 6.69. The fourth-order valence-corrected chi connectivity index (χ4v) is 3.60. The molecule has 0 atom stereocenters. The number of furan rings is 1. The van der Waals surface area contributed by atoms with Gasteiger partial charge in [-0.1, -0.05) is 29.8 Å². The molecular weight excluding hydrogens is 338 g/mol. The van der Waals surface area contributed by atoms with E-state index in [0.29, 0.717) is 29.5 Å². The predicted octanol–water partition coefficient (Wildman–Crippen LogP) is 4.60. The van der Waals surface area contributed by atoms with Crippen molar-refractivity contribution in [3.05, 3.63) is 63.9 Å². The zero-order chi connectivity index (χ0) is 17.6. The molecule has 4 rings (SSSR count). The predicted molar refractivity (Wildman–Crippen MR) is 97.4 cm³/mol. The van der Waals surface area contributed by atoms with Crippen LogP contribution in [-0.4, -0.2) is 24.5 Å². The lowest BCUT2D eigenvalue weighted by molar-refractivity contribution is 0.0703. The summed E-state index contributed by atoms with van der Waals surface area (Å²) in [5.74, 6) is 1.08. The Morgan fingerprint density at radius 2 is 2.08 bits per heavy atom. The number of hydrogen-bond donors (Lipinski definition) is 0. The van der Waals surface area contributed by atoms with Crippen LogP contribution in [0.2, 0.25) is 5.02 Å². The number of hydrogen-bond acceptors (Lipinski definition) is 3. The molecule has 0 aliphatic carbocycles. The first kappa shape index (κ1) is 16.0. The summed E-state index contributed by atoms with van der Waals surface area (Å²) >= 11 is 6.20. The van der Waals surface area contributed by atoms with E-state index < -0.39 is 0 Å². The van der Waals surface area contributed by atoms with Crippen molar-refractivity contribution in [2.45, 2.75) is 19.9 Å². The Balaban J connectivity index is 1.68. The van der Waals surface area contributed by atoms with Crippen molar-refractivity contribution in [3.63, 3.8) is 0 Å². The highest BCUT2D eigenvalue weighted by molar-refractivity contribution is 6.35. The number of amides is 1. The number of benzene rings is 2. The van der Waals surface area contributed by atoms with E-state index in [2.05, 4.69) is 6.07 Å². The van der Waals surface area contributed by atoms with Crippen LogP contribution in [-0.2, 0) is 13.0 Å². The highest BCUT2D eigenvalue weighted by atomic mass is 35.5. The van der Waals surface area contributed by atoms with Gasteiger partial charge in [-0.3, -0.25) is 4.79 Å². The minimum absolute atomic E-state index is 0.0989. The monoisotopic (exact) mass is 355 g/mol. The first-order chi connectivity index (χ1) is 12.1. The van der Waals surface area contributed by atoms with Crippen LogP contribution in [0, 0.1) is 6.92 Å². The van der Waals surface area contributed by atoms with Gasteiger partial charge >= 0.3 is 0 Å². The van der Waals surface area contributed by atoms with Crippen LogP contribution < -0.4 is 4.74 Å². The molecule has 2 aromatic carbocycles. The molecule has 1 amide bonds. The maximum Gasteiger partial charge on any atom is 0.290 e. The molecule has 1 aliphatic heterocycles. The van der Waals surface area contributed by atoms with Crippen molar-refractivity contribution in [2.24, 2.45) is 0 Å². The molecule has 0 fully saturated rings. The molecule has 1 aromatic heterocycles. The van der Waals surface area contributed by atoms with E-state index in [1.807, 2.05) is 36.1 Å². The maximum absolute atomic E-state index is 13.0. The van der Waals surface area contributed by atoms with Gasteiger partial charge in [0.05, 0.1) is 12.1 Å². The summed E-state index contributed by atoms with van der Waals surface area (Å²) in [5.41, 5.74) is 3.78. The summed E-state index contributed by atoms with van der Waals surface area (Å²) in [6.45, 7) is 3.12. The lowest BCUT2D eigenvalue weighted by Gasteiger charge is -2.28. The van der Waals surface area contributed by atoms with Gasteiger partial charge in [0.15, 0.2) is 11.3 Å². The molecule has 4 nitrogen and oxygen atoms in total. The molecule has 0 radical (unpaired) electrons. The molecular formula is C20H18ClNO3. The minimum atomic E-state index is -0.0989. The molecule has 0 spiro atoms. The number of ether oxygens (including phenoxy) is 1. The van der Waals surface area contributed by atoms with E-state index in [1.165, 1.54) is 5.56 Å².